The first-order chi connectivity index (χ1) is 12.7. The van der Waals surface area contributed by atoms with Crippen molar-refractivity contribution in [1.82, 2.24) is 15.8 Å². The fourth-order valence-corrected chi connectivity index (χ4v) is 3.41. The van der Waals surface area contributed by atoms with E-state index in [4.69, 9.17) is 16.1 Å². The molecule has 1 aromatic heterocycles. The number of rotatable bonds is 7. The number of aromatic nitrogens is 1. The van der Waals surface area contributed by atoms with Gasteiger partial charge in [-0.15, -0.1) is 0 Å². The Morgan fingerprint density at radius 2 is 2.04 bits per heavy atom. The molecule has 27 heavy (non-hydrogen) atoms. The summed E-state index contributed by atoms with van der Waals surface area (Å²) in [5.41, 5.74) is 2.74. The summed E-state index contributed by atoms with van der Waals surface area (Å²) in [6, 6.07) is 4.52. The van der Waals surface area contributed by atoms with Gasteiger partial charge in [-0.25, -0.2) is 4.39 Å². The number of nitrogens with zero attached hydrogens (tertiary/aromatic N) is 2. The van der Waals surface area contributed by atoms with Crippen LogP contribution in [0.2, 0.25) is 5.02 Å². The Labute approximate surface area is 165 Å². The third-order valence-corrected chi connectivity index (χ3v) is 4.97. The van der Waals surface area contributed by atoms with Crippen LogP contribution in [-0.4, -0.2) is 31.3 Å². The predicted molar refractivity (Wildman–Crippen MR) is 108 cm³/mol. The standard InChI is InChI=1S/C20H28ClFN4O/c1-13-16(14(2)27-26-13)7-6-10-24-19(23-5)25-12-20(3,4)17-9-8-15(22)11-18(17)21/h8-9,11H,6-7,10,12H2,1-5H3,(H2,23,24,25). The normalized spacial score (nSPS) is 12.3. The van der Waals surface area contributed by atoms with Gasteiger partial charge in [0.05, 0.1) is 5.69 Å². The molecular weight excluding hydrogens is 367 g/mol. The van der Waals surface area contributed by atoms with Crippen molar-refractivity contribution < 1.29 is 8.91 Å². The number of nitrogens with one attached hydrogen (secondary N) is 2. The summed E-state index contributed by atoms with van der Waals surface area (Å²) >= 11 is 6.21. The molecule has 2 rings (SSSR count). The molecule has 0 spiro atoms. The van der Waals surface area contributed by atoms with E-state index in [1.807, 2.05) is 13.8 Å². The van der Waals surface area contributed by atoms with Gasteiger partial charge in [-0.3, -0.25) is 4.99 Å². The maximum atomic E-state index is 13.3. The Bertz CT molecular complexity index is 782. The van der Waals surface area contributed by atoms with Gasteiger partial charge >= 0.3 is 0 Å². The lowest BCUT2D eigenvalue weighted by molar-refractivity contribution is 0.392. The van der Waals surface area contributed by atoms with Crippen LogP contribution in [0.5, 0.6) is 0 Å². The lowest BCUT2D eigenvalue weighted by atomic mass is 9.84. The number of aliphatic imine (C=N–C) groups is 1. The number of hydrogen-bond donors (Lipinski definition) is 2. The molecule has 0 fully saturated rings. The fourth-order valence-electron chi connectivity index (χ4n) is 2.99. The Hall–Kier alpha value is -2.08. The van der Waals surface area contributed by atoms with Gasteiger partial charge in [0.2, 0.25) is 0 Å². The van der Waals surface area contributed by atoms with Gasteiger partial charge < -0.3 is 15.2 Å². The first-order valence-corrected chi connectivity index (χ1v) is 9.44. The van der Waals surface area contributed by atoms with Gasteiger partial charge in [0.15, 0.2) is 5.96 Å². The first-order valence-electron chi connectivity index (χ1n) is 9.06. The molecule has 2 aromatic rings. The van der Waals surface area contributed by atoms with Crippen LogP contribution >= 0.6 is 11.6 Å². The molecule has 7 heteroatoms. The summed E-state index contributed by atoms with van der Waals surface area (Å²) in [5, 5.41) is 11.0. The number of guanidine groups is 1. The molecular formula is C20H28ClFN4O. The van der Waals surface area contributed by atoms with Crippen LogP contribution in [0, 0.1) is 19.7 Å². The first kappa shape index (κ1) is 21.2. The fraction of sp³-hybridized carbons (Fsp3) is 0.500. The van der Waals surface area contributed by atoms with Crippen LogP contribution in [0.1, 0.15) is 42.8 Å². The summed E-state index contributed by atoms with van der Waals surface area (Å²) in [6.07, 6.45) is 1.85. The molecule has 0 saturated heterocycles. The zero-order valence-corrected chi connectivity index (χ0v) is 17.4. The lowest BCUT2D eigenvalue weighted by Crippen LogP contribution is -2.43. The van der Waals surface area contributed by atoms with Crippen molar-refractivity contribution in [3.8, 4) is 0 Å². The summed E-state index contributed by atoms with van der Waals surface area (Å²) in [4.78, 5) is 4.26. The molecule has 0 aliphatic heterocycles. The topological polar surface area (TPSA) is 62.5 Å². The zero-order chi connectivity index (χ0) is 20.0. The van der Waals surface area contributed by atoms with Gasteiger partial charge in [-0.05, 0) is 44.4 Å². The van der Waals surface area contributed by atoms with Gasteiger partial charge in [-0.2, -0.15) is 0 Å². The summed E-state index contributed by atoms with van der Waals surface area (Å²) in [5.74, 6) is 1.27. The van der Waals surface area contributed by atoms with E-state index in [-0.39, 0.29) is 11.2 Å². The van der Waals surface area contributed by atoms with Crippen LogP contribution in [0.3, 0.4) is 0 Å². The van der Waals surface area contributed by atoms with Crippen LogP contribution < -0.4 is 10.6 Å². The third kappa shape index (κ3) is 5.70. The highest BCUT2D eigenvalue weighted by molar-refractivity contribution is 6.31. The molecule has 0 aliphatic rings. The Morgan fingerprint density at radius 3 is 2.63 bits per heavy atom. The molecule has 2 N–H and O–H groups in total. The van der Waals surface area contributed by atoms with E-state index in [2.05, 4.69) is 34.6 Å². The second kappa shape index (κ2) is 9.22. The second-order valence-electron chi connectivity index (χ2n) is 7.27. The van der Waals surface area contributed by atoms with E-state index in [9.17, 15) is 4.39 Å². The van der Waals surface area contributed by atoms with Crippen molar-refractivity contribution in [3.05, 3.63) is 51.6 Å². The summed E-state index contributed by atoms with van der Waals surface area (Å²) in [7, 11) is 1.74. The van der Waals surface area contributed by atoms with E-state index in [1.165, 1.54) is 17.7 Å². The van der Waals surface area contributed by atoms with Crippen molar-refractivity contribution in [2.45, 2.75) is 46.0 Å². The molecule has 0 amide bonds. The van der Waals surface area contributed by atoms with Gasteiger partial charge in [-0.1, -0.05) is 36.7 Å². The van der Waals surface area contributed by atoms with Crippen molar-refractivity contribution in [3.63, 3.8) is 0 Å². The van der Waals surface area contributed by atoms with Gasteiger partial charge in [0.1, 0.15) is 11.6 Å². The number of benzene rings is 1. The van der Waals surface area contributed by atoms with Crippen molar-refractivity contribution >= 4 is 17.6 Å². The van der Waals surface area contributed by atoms with Gasteiger partial charge in [0.25, 0.3) is 0 Å². The largest absolute Gasteiger partial charge is 0.361 e. The van der Waals surface area contributed by atoms with Crippen LogP contribution in [0.4, 0.5) is 4.39 Å². The minimum absolute atomic E-state index is 0.279. The van der Waals surface area contributed by atoms with E-state index in [0.29, 0.717) is 11.6 Å². The molecule has 0 saturated carbocycles. The third-order valence-electron chi connectivity index (χ3n) is 4.66. The molecule has 0 unspecified atom stereocenters. The highest BCUT2D eigenvalue weighted by Gasteiger charge is 2.24. The smallest absolute Gasteiger partial charge is 0.191 e. The molecule has 1 heterocycles. The zero-order valence-electron chi connectivity index (χ0n) is 16.6. The number of aryl methyl sites for hydroxylation is 2. The molecule has 0 atom stereocenters. The summed E-state index contributed by atoms with van der Waals surface area (Å²) < 4.78 is 18.5. The predicted octanol–water partition coefficient (Wildman–Crippen LogP) is 4.16. The lowest BCUT2D eigenvalue weighted by Gasteiger charge is -2.27. The molecule has 0 radical (unpaired) electrons. The Kier molecular flexibility index (Phi) is 7.25. The average Bonchev–Trinajstić information content (AvgIpc) is 2.92. The molecule has 0 bridgehead atoms. The van der Waals surface area contributed by atoms with Crippen LogP contribution in [0.15, 0.2) is 27.7 Å². The molecule has 0 aliphatic carbocycles. The van der Waals surface area contributed by atoms with E-state index < -0.39 is 0 Å². The summed E-state index contributed by atoms with van der Waals surface area (Å²) in [6.45, 7) is 9.41. The van der Waals surface area contributed by atoms with Crippen molar-refractivity contribution in [1.29, 1.82) is 0 Å². The van der Waals surface area contributed by atoms with Gasteiger partial charge in [0, 0.05) is 36.1 Å². The highest BCUT2D eigenvalue weighted by atomic mass is 35.5. The Morgan fingerprint density at radius 1 is 1.30 bits per heavy atom. The van der Waals surface area contributed by atoms with Crippen molar-refractivity contribution in [2.75, 3.05) is 20.1 Å². The number of hydrogen-bond acceptors (Lipinski definition) is 3. The molecule has 1 aromatic carbocycles. The van der Waals surface area contributed by atoms with Crippen molar-refractivity contribution in [2.24, 2.45) is 4.99 Å². The van der Waals surface area contributed by atoms with Crippen LogP contribution in [0.25, 0.3) is 0 Å². The van der Waals surface area contributed by atoms with E-state index in [0.717, 1.165) is 42.4 Å². The highest BCUT2D eigenvalue weighted by Crippen LogP contribution is 2.29. The minimum atomic E-state index is -0.330. The second-order valence-corrected chi connectivity index (χ2v) is 7.67. The van der Waals surface area contributed by atoms with E-state index >= 15 is 0 Å². The maximum absolute atomic E-state index is 13.3. The quantitative estimate of drug-likeness (QED) is 0.420. The monoisotopic (exact) mass is 394 g/mol. The van der Waals surface area contributed by atoms with E-state index in [1.54, 1.807) is 13.1 Å². The average molecular weight is 395 g/mol. The minimum Gasteiger partial charge on any atom is -0.361 e. The SMILES string of the molecule is CN=C(NCCCc1c(C)noc1C)NCC(C)(C)c1ccc(F)cc1Cl. The maximum Gasteiger partial charge on any atom is 0.191 e. The molecule has 148 valence electrons. The number of halogens is 2. The Balaban J connectivity index is 1.84. The van der Waals surface area contributed by atoms with Crippen LogP contribution in [-0.2, 0) is 11.8 Å². The molecule has 5 nitrogen and oxygen atoms in total.